The first kappa shape index (κ1) is 27.9. The molecule has 2 aromatic carbocycles. The summed E-state index contributed by atoms with van der Waals surface area (Å²) in [5.41, 5.74) is 3.71. The van der Waals surface area contributed by atoms with Crippen molar-refractivity contribution in [1.29, 1.82) is 0 Å². The van der Waals surface area contributed by atoms with Gasteiger partial charge in [-0.05, 0) is 67.1 Å². The Morgan fingerprint density at radius 2 is 1.73 bits per heavy atom. The van der Waals surface area contributed by atoms with E-state index in [1.54, 1.807) is 37.6 Å². The van der Waals surface area contributed by atoms with E-state index in [0.717, 1.165) is 10.4 Å². The minimum Gasteiger partial charge on any atom is -0.496 e. The van der Waals surface area contributed by atoms with Crippen LogP contribution in [0.3, 0.4) is 0 Å². The summed E-state index contributed by atoms with van der Waals surface area (Å²) in [6.45, 7) is 7.44. The first-order valence-electron chi connectivity index (χ1n) is 13.1. The van der Waals surface area contributed by atoms with Gasteiger partial charge in [-0.25, -0.2) is 8.42 Å². The zero-order valence-corrected chi connectivity index (χ0v) is 24.7. The molecule has 1 N–H and O–H groups in total. The van der Waals surface area contributed by atoms with E-state index in [1.807, 2.05) is 66.6 Å². The van der Waals surface area contributed by atoms with Crippen LogP contribution in [-0.2, 0) is 16.6 Å². The number of thiophene rings is 1. The van der Waals surface area contributed by atoms with Gasteiger partial charge in [-0.1, -0.05) is 24.3 Å². The molecule has 11 heteroatoms. The zero-order chi connectivity index (χ0) is 28.4. The van der Waals surface area contributed by atoms with Gasteiger partial charge in [0.2, 0.25) is 10.0 Å². The quantitative estimate of drug-likeness (QED) is 0.332. The third kappa shape index (κ3) is 5.24. The van der Waals surface area contributed by atoms with Gasteiger partial charge in [0.1, 0.15) is 11.4 Å². The van der Waals surface area contributed by atoms with Crippen LogP contribution in [0.15, 0.2) is 69.8 Å². The van der Waals surface area contributed by atoms with Crippen LogP contribution in [0.25, 0.3) is 5.69 Å². The molecule has 0 unspecified atom stereocenters. The van der Waals surface area contributed by atoms with Gasteiger partial charge in [0.15, 0.2) is 0 Å². The highest BCUT2D eigenvalue weighted by molar-refractivity contribution is 7.89. The third-order valence-electron chi connectivity index (χ3n) is 7.35. The Labute approximate surface area is 238 Å². The van der Waals surface area contributed by atoms with Crippen molar-refractivity contribution in [1.82, 2.24) is 14.1 Å². The van der Waals surface area contributed by atoms with E-state index in [2.05, 4.69) is 10.4 Å². The average molecular weight is 580 g/mol. The van der Waals surface area contributed by atoms with E-state index in [-0.39, 0.29) is 5.56 Å². The second-order valence-corrected chi connectivity index (χ2v) is 12.7. The van der Waals surface area contributed by atoms with Crippen LogP contribution in [0.1, 0.15) is 21.6 Å². The molecule has 0 amide bonds. The number of ether oxygens (including phenoxy) is 1. The lowest BCUT2D eigenvalue weighted by Crippen LogP contribution is -2.49. The van der Waals surface area contributed by atoms with Crippen LogP contribution in [0.5, 0.6) is 5.75 Å². The van der Waals surface area contributed by atoms with Crippen molar-refractivity contribution < 1.29 is 13.2 Å². The molecule has 4 aromatic rings. The molecule has 40 heavy (non-hydrogen) atoms. The topological polar surface area (TPSA) is 96.8 Å². The molecule has 5 rings (SSSR count). The number of hydrogen-bond acceptors (Lipinski definition) is 8. The largest absolute Gasteiger partial charge is 0.496 e. The summed E-state index contributed by atoms with van der Waals surface area (Å²) in [5, 5.41) is 9.82. The average Bonchev–Trinajstić information content (AvgIpc) is 3.48. The summed E-state index contributed by atoms with van der Waals surface area (Å²) in [6, 6.07) is 15.1. The zero-order valence-electron chi connectivity index (χ0n) is 23.0. The number of aromatic nitrogens is 2. The van der Waals surface area contributed by atoms with Gasteiger partial charge < -0.3 is 15.0 Å². The smallest absolute Gasteiger partial charge is 0.296 e. The molecule has 1 aliphatic heterocycles. The fourth-order valence-corrected chi connectivity index (χ4v) is 7.67. The molecular formula is C29H33N5O4S2. The number of anilines is 2. The van der Waals surface area contributed by atoms with Crippen LogP contribution >= 0.6 is 11.3 Å². The molecule has 0 atom stereocenters. The number of methoxy groups -OCH3 is 1. The standard InChI is InChI=1S/C29H33N5O4S2/c1-20-17-26(38-4)21(2)22(3)28(20)40(36,37)33-14-12-32(13-15-33)25-19-31-34(23-9-6-5-7-10-23)29(35)27(25)30-18-24-11-8-16-39-24/h5-11,16-17,19,30H,12-15,18H2,1-4H3. The van der Waals surface area contributed by atoms with Gasteiger partial charge in [-0.3, -0.25) is 4.79 Å². The van der Waals surface area contributed by atoms with Gasteiger partial charge in [0.05, 0.1) is 29.6 Å². The third-order valence-corrected chi connectivity index (χ3v) is 10.4. The maximum absolute atomic E-state index is 13.8. The lowest BCUT2D eigenvalue weighted by molar-refractivity contribution is 0.383. The molecule has 2 aromatic heterocycles. The molecule has 0 radical (unpaired) electrons. The number of para-hydroxylation sites is 1. The number of nitrogens with zero attached hydrogens (tertiary/aromatic N) is 4. The number of aryl methyl sites for hydroxylation is 1. The number of piperazine rings is 1. The van der Waals surface area contributed by atoms with Gasteiger partial charge in [0.25, 0.3) is 5.56 Å². The van der Waals surface area contributed by atoms with Crippen molar-refractivity contribution >= 4 is 32.7 Å². The van der Waals surface area contributed by atoms with Crippen molar-refractivity contribution in [2.75, 3.05) is 43.5 Å². The normalized spacial score (nSPS) is 14.3. The van der Waals surface area contributed by atoms with E-state index in [4.69, 9.17) is 4.74 Å². The van der Waals surface area contributed by atoms with Gasteiger partial charge >= 0.3 is 0 Å². The Morgan fingerprint density at radius 1 is 1.00 bits per heavy atom. The van der Waals surface area contributed by atoms with E-state index in [1.165, 1.54) is 8.99 Å². The highest BCUT2D eigenvalue weighted by Gasteiger charge is 2.33. The van der Waals surface area contributed by atoms with Crippen molar-refractivity contribution in [3.8, 4) is 11.4 Å². The van der Waals surface area contributed by atoms with Crippen molar-refractivity contribution in [2.24, 2.45) is 0 Å². The highest BCUT2D eigenvalue weighted by Crippen LogP contribution is 2.33. The molecule has 0 spiro atoms. The lowest BCUT2D eigenvalue weighted by Gasteiger charge is -2.36. The van der Waals surface area contributed by atoms with E-state index in [9.17, 15) is 13.2 Å². The Kier molecular flexibility index (Phi) is 7.97. The highest BCUT2D eigenvalue weighted by atomic mass is 32.2. The monoisotopic (exact) mass is 579 g/mol. The first-order chi connectivity index (χ1) is 19.2. The van der Waals surface area contributed by atoms with Crippen LogP contribution in [-0.4, -0.2) is 55.8 Å². The Hall–Kier alpha value is -3.67. The first-order valence-corrected chi connectivity index (χ1v) is 15.4. The van der Waals surface area contributed by atoms with Crippen molar-refractivity contribution in [3.05, 3.63) is 92.0 Å². The molecule has 0 bridgehead atoms. The predicted molar refractivity (Wildman–Crippen MR) is 160 cm³/mol. The van der Waals surface area contributed by atoms with Gasteiger partial charge in [0, 0.05) is 37.6 Å². The molecule has 0 saturated carbocycles. The fourth-order valence-electron chi connectivity index (χ4n) is 5.12. The van der Waals surface area contributed by atoms with Crippen molar-refractivity contribution in [3.63, 3.8) is 0 Å². The molecule has 3 heterocycles. The van der Waals surface area contributed by atoms with Crippen LogP contribution in [0.4, 0.5) is 11.4 Å². The summed E-state index contributed by atoms with van der Waals surface area (Å²) in [6.07, 6.45) is 1.69. The number of sulfonamides is 1. The lowest BCUT2D eigenvalue weighted by atomic mass is 10.1. The van der Waals surface area contributed by atoms with Gasteiger partial charge in [-0.15, -0.1) is 11.3 Å². The predicted octanol–water partition coefficient (Wildman–Crippen LogP) is 4.35. The SMILES string of the molecule is COc1cc(C)c(S(=O)(=O)N2CCN(c3cnn(-c4ccccc4)c(=O)c3NCc3cccs3)CC2)c(C)c1C. The van der Waals surface area contributed by atoms with E-state index in [0.29, 0.717) is 71.6 Å². The van der Waals surface area contributed by atoms with E-state index >= 15 is 0 Å². The van der Waals surface area contributed by atoms with E-state index < -0.39 is 10.0 Å². The molecule has 1 aliphatic rings. The second kappa shape index (κ2) is 11.4. The summed E-state index contributed by atoms with van der Waals surface area (Å²) in [4.78, 5) is 17.1. The summed E-state index contributed by atoms with van der Waals surface area (Å²) in [5.74, 6) is 0.680. The minimum absolute atomic E-state index is 0.254. The number of rotatable bonds is 8. The van der Waals surface area contributed by atoms with Crippen LogP contribution < -0.4 is 20.5 Å². The van der Waals surface area contributed by atoms with Crippen LogP contribution in [0, 0.1) is 20.8 Å². The molecule has 0 aliphatic carbocycles. The summed E-state index contributed by atoms with van der Waals surface area (Å²) < 4.78 is 35.9. The number of hydrogen-bond donors (Lipinski definition) is 1. The molecule has 1 saturated heterocycles. The second-order valence-electron chi connectivity index (χ2n) is 9.76. The number of benzene rings is 2. The van der Waals surface area contributed by atoms with Crippen LogP contribution in [0.2, 0.25) is 0 Å². The minimum atomic E-state index is -3.72. The Morgan fingerprint density at radius 3 is 2.38 bits per heavy atom. The molecule has 210 valence electrons. The maximum atomic E-state index is 13.8. The molecule has 9 nitrogen and oxygen atoms in total. The van der Waals surface area contributed by atoms with Crippen molar-refractivity contribution in [2.45, 2.75) is 32.2 Å². The maximum Gasteiger partial charge on any atom is 0.296 e. The molecule has 1 fully saturated rings. The Balaban J connectivity index is 1.43. The summed E-state index contributed by atoms with van der Waals surface area (Å²) in [7, 11) is -2.13. The van der Waals surface area contributed by atoms with Gasteiger partial charge in [-0.2, -0.15) is 14.1 Å². The molecular weight excluding hydrogens is 546 g/mol. The fraction of sp³-hybridized carbons (Fsp3) is 0.310. The Bertz CT molecular complexity index is 1660. The summed E-state index contributed by atoms with van der Waals surface area (Å²) >= 11 is 1.61. The number of nitrogens with one attached hydrogen (secondary N) is 1.